The average Bonchev–Trinajstić information content (AvgIpc) is 3.44. The largest absolute Gasteiger partial charge is 0.394 e. The van der Waals surface area contributed by atoms with Crippen LogP contribution in [0, 0.1) is 0 Å². The summed E-state index contributed by atoms with van der Waals surface area (Å²) in [6.45, 7) is 3.67. The molecule has 1 rings (SSSR count). The molecule has 78 heavy (non-hydrogen) atoms. The predicted molar refractivity (Wildman–Crippen MR) is 329 cm³/mol. The van der Waals surface area contributed by atoms with E-state index in [2.05, 4.69) is 19.2 Å². The zero-order chi connectivity index (χ0) is 56.6. The van der Waals surface area contributed by atoms with Crippen LogP contribution in [0.25, 0.3) is 0 Å². The first kappa shape index (κ1) is 74.9. The minimum absolute atomic E-state index is 0.300. The summed E-state index contributed by atoms with van der Waals surface area (Å²) in [6.07, 6.45) is 63.6. The molecule has 1 fully saturated rings. The third-order valence-electron chi connectivity index (χ3n) is 17.0. The molecule has 0 aromatic rings. The molecule has 0 radical (unpaired) electrons. The lowest BCUT2D eigenvalue weighted by molar-refractivity contribution is -0.302. The summed E-state index contributed by atoms with van der Waals surface area (Å²) in [4.78, 5) is 13.2. The number of aliphatic hydroxyl groups is 6. The molecule has 0 saturated carbocycles. The normalized spacial score (nSPS) is 19.0. The number of carbonyl (C=O) groups is 1. The van der Waals surface area contributed by atoms with E-state index in [9.17, 15) is 35.4 Å². The molecule has 10 heteroatoms. The second kappa shape index (κ2) is 57.7. The molecular weight excluding hydrogens is 975 g/mol. The van der Waals surface area contributed by atoms with Crippen LogP contribution in [0.4, 0.5) is 0 Å². The van der Waals surface area contributed by atoms with Gasteiger partial charge in [-0.05, 0) is 19.3 Å². The Bertz CT molecular complexity index is 1250. The summed E-state index contributed by atoms with van der Waals surface area (Å²) in [5, 5.41) is 65.2. The molecule has 0 aromatic heterocycles. The van der Waals surface area contributed by atoms with Gasteiger partial charge in [0.25, 0.3) is 0 Å². The highest BCUT2D eigenvalue weighted by Crippen LogP contribution is 2.24. The Morgan fingerprint density at radius 3 is 1.04 bits per heavy atom. The van der Waals surface area contributed by atoms with E-state index in [1.54, 1.807) is 6.08 Å². The van der Waals surface area contributed by atoms with Gasteiger partial charge in [0.1, 0.15) is 30.5 Å². The summed E-state index contributed by atoms with van der Waals surface area (Å²) < 4.78 is 11.2. The number of hydrogen-bond donors (Lipinski definition) is 7. The van der Waals surface area contributed by atoms with Crippen LogP contribution in [0.3, 0.4) is 0 Å². The quantitative estimate of drug-likeness (QED) is 0.0232. The predicted octanol–water partition coefficient (Wildman–Crippen LogP) is 17.3. The number of aliphatic hydroxyl groups excluding tert-OH is 6. The van der Waals surface area contributed by atoms with E-state index in [1.165, 1.54) is 289 Å². The van der Waals surface area contributed by atoms with Crippen molar-refractivity contribution in [2.75, 3.05) is 13.2 Å². The van der Waals surface area contributed by atoms with Crippen molar-refractivity contribution < 1.29 is 44.9 Å². The van der Waals surface area contributed by atoms with Gasteiger partial charge in [-0.1, -0.05) is 347 Å². The summed E-state index contributed by atoms with van der Waals surface area (Å²) in [6, 6.07) is -0.977. The third-order valence-corrected chi connectivity index (χ3v) is 17.0. The van der Waals surface area contributed by atoms with Crippen molar-refractivity contribution in [3.63, 3.8) is 0 Å². The molecule has 464 valence electrons. The molecule has 10 nitrogen and oxygen atoms in total. The van der Waals surface area contributed by atoms with Gasteiger partial charge >= 0.3 is 0 Å². The molecule has 0 spiro atoms. The maximum Gasteiger partial charge on any atom is 0.249 e. The Hall–Kier alpha value is -1.11. The lowest BCUT2D eigenvalue weighted by atomic mass is 9.99. The average molecular weight is 1110 g/mol. The Kier molecular flexibility index (Phi) is 55.4. The van der Waals surface area contributed by atoms with Crippen LogP contribution in [-0.2, 0) is 14.3 Å². The fourth-order valence-electron chi connectivity index (χ4n) is 11.5. The lowest BCUT2D eigenvalue weighted by Gasteiger charge is -2.40. The Morgan fingerprint density at radius 2 is 0.731 bits per heavy atom. The number of ether oxygens (including phenoxy) is 2. The van der Waals surface area contributed by atoms with Crippen LogP contribution >= 0.6 is 0 Å². The van der Waals surface area contributed by atoms with Crippen LogP contribution in [0.15, 0.2) is 12.2 Å². The highest BCUT2D eigenvalue weighted by molar-refractivity contribution is 5.80. The van der Waals surface area contributed by atoms with E-state index >= 15 is 0 Å². The van der Waals surface area contributed by atoms with Crippen molar-refractivity contribution in [3.05, 3.63) is 12.2 Å². The summed E-state index contributed by atoms with van der Waals surface area (Å²) in [5.74, 6) is -0.608. The van der Waals surface area contributed by atoms with Gasteiger partial charge in [0.05, 0.1) is 25.4 Å². The van der Waals surface area contributed by atoms with Crippen LogP contribution in [0.5, 0.6) is 0 Å². The van der Waals surface area contributed by atoms with Crippen LogP contribution < -0.4 is 5.32 Å². The topological polar surface area (TPSA) is 169 Å². The maximum atomic E-state index is 13.2. The zero-order valence-corrected chi connectivity index (χ0v) is 51.6. The summed E-state index contributed by atoms with van der Waals surface area (Å²) >= 11 is 0. The minimum atomic E-state index is -1.61. The molecule has 1 heterocycles. The SMILES string of the molecule is CCCCCCCCCCCCCCCCC/C=C/C(O)C(COC1OC(CO)C(O)C(O)C1O)NC(=O)C(O)CCCCCCCCCCCCCCCCCCCCCCCCCCCCCCCCCCCCCC. The van der Waals surface area contributed by atoms with Gasteiger partial charge in [-0.3, -0.25) is 4.79 Å². The second-order valence-corrected chi connectivity index (χ2v) is 24.5. The molecule has 1 aliphatic rings. The first-order valence-corrected chi connectivity index (χ1v) is 34.5. The van der Waals surface area contributed by atoms with Crippen molar-refractivity contribution in [2.24, 2.45) is 0 Å². The van der Waals surface area contributed by atoms with Crippen molar-refractivity contribution in [3.8, 4) is 0 Å². The summed E-state index contributed by atoms with van der Waals surface area (Å²) in [7, 11) is 0. The number of hydrogen-bond acceptors (Lipinski definition) is 9. The number of amides is 1. The van der Waals surface area contributed by atoms with Gasteiger partial charge in [-0.2, -0.15) is 0 Å². The Labute approximate surface area is 482 Å². The van der Waals surface area contributed by atoms with E-state index in [4.69, 9.17) is 9.47 Å². The zero-order valence-electron chi connectivity index (χ0n) is 51.6. The first-order chi connectivity index (χ1) is 38.3. The smallest absolute Gasteiger partial charge is 0.249 e. The molecule has 0 bridgehead atoms. The molecule has 1 saturated heterocycles. The number of carbonyl (C=O) groups excluding carboxylic acids is 1. The first-order valence-electron chi connectivity index (χ1n) is 34.5. The maximum absolute atomic E-state index is 13.2. The fourth-order valence-corrected chi connectivity index (χ4v) is 11.5. The molecular formula is C68H133NO9. The second-order valence-electron chi connectivity index (χ2n) is 24.5. The van der Waals surface area contributed by atoms with E-state index < -0.39 is 61.5 Å². The van der Waals surface area contributed by atoms with Gasteiger partial charge in [-0.15, -0.1) is 0 Å². The van der Waals surface area contributed by atoms with E-state index in [0.717, 1.165) is 44.9 Å². The van der Waals surface area contributed by atoms with Gasteiger partial charge in [0, 0.05) is 0 Å². The van der Waals surface area contributed by atoms with Crippen LogP contribution in [0.2, 0.25) is 0 Å². The number of rotatable bonds is 61. The highest BCUT2D eigenvalue weighted by Gasteiger charge is 2.44. The molecule has 0 aromatic carbocycles. The van der Waals surface area contributed by atoms with Crippen molar-refractivity contribution in [2.45, 2.75) is 403 Å². The molecule has 1 aliphatic heterocycles. The molecule has 8 unspecified atom stereocenters. The molecule has 0 aliphatic carbocycles. The van der Waals surface area contributed by atoms with Crippen LogP contribution in [0.1, 0.15) is 354 Å². The van der Waals surface area contributed by atoms with Gasteiger partial charge in [0.15, 0.2) is 6.29 Å². The third kappa shape index (κ3) is 45.4. The van der Waals surface area contributed by atoms with Crippen molar-refractivity contribution >= 4 is 5.91 Å². The summed E-state index contributed by atoms with van der Waals surface area (Å²) in [5.41, 5.74) is 0. The number of unbranched alkanes of at least 4 members (excludes halogenated alkanes) is 50. The standard InChI is InChI=1S/C68H133NO9/c1-3-5-7-9-11-13-15-17-19-21-22-23-24-25-26-27-28-29-30-31-32-33-34-35-36-37-38-39-41-43-45-47-49-51-53-55-57-62(72)67(76)69-60(59-77-68-66(75)65(74)64(73)63(58-70)78-68)61(71)56-54-52-50-48-46-44-42-40-20-18-16-14-12-10-8-6-4-2/h54,56,60-66,68,70-75H,3-53,55,57-59H2,1-2H3,(H,69,76)/b56-54+. The lowest BCUT2D eigenvalue weighted by Crippen LogP contribution is -2.60. The van der Waals surface area contributed by atoms with Crippen LogP contribution in [-0.4, -0.2) is 98.7 Å². The number of nitrogens with one attached hydrogen (secondary N) is 1. The molecule has 1 amide bonds. The Balaban J connectivity index is 2.09. The van der Waals surface area contributed by atoms with E-state index in [1.807, 2.05) is 6.08 Å². The van der Waals surface area contributed by atoms with Crippen molar-refractivity contribution in [1.29, 1.82) is 0 Å². The Morgan fingerprint density at radius 1 is 0.436 bits per heavy atom. The van der Waals surface area contributed by atoms with E-state index in [-0.39, 0.29) is 6.61 Å². The number of allylic oxidation sites excluding steroid dienone is 1. The molecule has 8 atom stereocenters. The minimum Gasteiger partial charge on any atom is -0.394 e. The fraction of sp³-hybridized carbons (Fsp3) is 0.956. The van der Waals surface area contributed by atoms with Crippen molar-refractivity contribution in [1.82, 2.24) is 5.32 Å². The van der Waals surface area contributed by atoms with Gasteiger partial charge < -0.3 is 45.4 Å². The van der Waals surface area contributed by atoms with Gasteiger partial charge in [-0.25, -0.2) is 0 Å². The van der Waals surface area contributed by atoms with Gasteiger partial charge in [0.2, 0.25) is 5.91 Å². The molecule has 7 N–H and O–H groups in total. The monoisotopic (exact) mass is 1110 g/mol. The highest BCUT2D eigenvalue weighted by atomic mass is 16.7. The van der Waals surface area contributed by atoms with E-state index in [0.29, 0.717) is 6.42 Å².